The number of amides is 1. The number of rotatable bonds is 7. The number of halogens is 1. The SMILES string of the molecule is COCCCN(C)C(=O)CC(N)c1ccccc1.Cl. The van der Waals surface area contributed by atoms with Crippen molar-refractivity contribution >= 4 is 18.3 Å². The summed E-state index contributed by atoms with van der Waals surface area (Å²) < 4.78 is 4.96. The number of carbonyl (C=O) groups is 1. The van der Waals surface area contributed by atoms with E-state index in [1.807, 2.05) is 30.3 Å². The van der Waals surface area contributed by atoms with Crippen LogP contribution in [0.2, 0.25) is 0 Å². The Labute approximate surface area is 121 Å². The lowest BCUT2D eigenvalue weighted by molar-refractivity contribution is -0.130. The third kappa shape index (κ3) is 6.57. The molecule has 1 rings (SSSR count). The number of hydrogen-bond donors (Lipinski definition) is 1. The van der Waals surface area contributed by atoms with Gasteiger partial charge in [0.1, 0.15) is 0 Å². The van der Waals surface area contributed by atoms with Crippen LogP contribution in [0.25, 0.3) is 0 Å². The Kier molecular flexibility index (Phi) is 9.21. The van der Waals surface area contributed by atoms with Crippen molar-refractivity contribution in [2.45, 2.75) is 18.9 Å². The van der Waals surface area contributed by atoms with Gasteiger partial charge in [-0.3, -0.25) is 4.79 Å². The number of methoxy groups -OCH3 is 1. The third-order valence-electron chi connectivity index (χ3n) is 2.89. The van der Waals surface area contributed by atoms with Crippen LogP contribution in [0.5, 0.6) is 0 Å². The smallest absolute Gasteiger partial charge is 0.224 e. The van der Waals surface area contributed by atoms with E-state index in [2.05, 4.69) is 0 Å². The van der Waals surface area contributed by atoms with E-state index in [9.17, 15) is 4.79 Å². The van der Waals surface area contributed by atoms with Gasteiger partial charge < -0.3 is 15.4 Å². The highest BCUT2D eigenvalue weighted by Gasteiger charge is 2.14. The fourth-order valence-electron chi connectivity index (χ4n) is 1.73. The molecule has 19 heavy (non-hydrogen) atoms. The maximum atomic E-state index is 11.9. The number of benzene rings is 1. The van der Waals surface area contributed by atoms with E-state index < -0.39 is 0 Å². The predicted molar refractivity (Wildman–Crippen MR) is 79.4 cm³/mol. The molecule has 1 atom stereocenters. The van der Waals surface area contributed by atoms with Crippen molar-refractivity contribution in [1.82, 2.24) is 4.90 Å². The molecule has 0 saturated carbocycles. The van der Waals surface area contributed by atoms with E-state index in [1.54, 1.807) is 19.1 Å². The highest BCUT2D eigenvalue weighted by Crippen LogP contribution is 2.14. The predicted octanol–water partition coefficient (Wildman–Crippen LogP) is 1.99. The number of nitrogens with zero attached hydrogens (tertiary/aromatic N) is 1. The molecule has 0 bridgehead atoms. The first-order valence-corrected chi connectivity index (χ1v) is 6.18. The average Bonchev–Trinajstić information content (AvgIpc) is 2.39. The second-order valence-electron chi connectivity index (χ2n) is 4.38. The molecule has 0 aromatic heterocycles. The first-order chi connectivity index (χ1) is 8.65. The minimum Gasteiger partial charge on any atom is -0.385 e. The number of carbonyl (C=O) groups excluding carboxylic acids is 1. The molecule has 0 radical (unpaired) electrons. The maximum Gasteiger partial charge on any atom is 0.224 e. The van der Waals surface area contributed by atoms with Gasteiger partial charge in [-0.2, -0.15) is 0 Å². The molecule has 1 amide bonds. The van der Waals surface area contributed by atoms with Crippen molar-refractivity contribution in [3.63, 3.8) is 0 Å². The summed E-state index contributed by atoms with van der Waals surface area (Å²) in [6.07, 6.45) is 1.19. The molecule has 0 aliphatic heterocycles. The molecule has 5 heteroatoms. The summed E-state index contributed by atoms with van der Waals surface area (Å²) in [6, 6.07) is 9.47. The Bertz CT molecular complexity index is 360. The van der Waals surface area contributed by atoms with Crippen LogP contribution in [0, 0.1) is 0 Å². The summed E-state index contributed by atoms with van der Waals surface area (Å²) in [7, 11) is 3.46. The van der Waals surface area contributed by atoms with Crippen molar-refractivity contribution in [1.29, 1.82) is 0 Å². The summed E-state index contributed by atoms with van der Waals surface area (Å²) in [5.41, 5.74) is 7.01. The largest absolute Gasteiger partial charge is 0.385 e. The van der Waals surface area contributed by atoms with Gasteiger partial charge in [-0.05, 0) is 12.0 Å². The summed E-state index contributed by atoms with van der Waals surface area (Å²) in [5, 5.41) is 0. The molecule has 108 valence electrons. The zero-order valence-corrected chi connectivity index (χ0v) is 12.4. The Hall–Kier alpha value is -1.10. The van der Waals surface area contributed by atoms with E-state index in [0.717, 1.165) is 12.0 Å². The molecule has 0 heterocycles. The Morgan fingerprint density at radius 1 is 1.37 bits per heavy atom. The minimum atomic E-state index is -0.233. The van der Waals surface area contributed by atoms with E-state index in [4.69, 9.17) is 10.5 Å². The molecule has 0 aliphatic carbocycles. The Balaban J connectivity index is 0.00000324. The lowest BCUT2D eigenvalue weighted by Gasteiger charge is -2.19. The summed E-state index contributed by atoms with van der Waals surface area (Å²) in [4.78, 5) is 13.6. The van der Waals surface area contributed by atoms with E-state index in [1.165, 1.54) is 0 Å². The van der Waals surface area contributed by atoms with Crippen LogP contribution in [0.3, 0.4) is 0 Å². The van der Waals surface area contributed by atoms with Crippen molar-refractivity contribution in [3.8, 4) is 0 Å². The van der Waals surface area contributed by atoms with Gasteiger partial charge in [0.15, 0.2) is 0 Å². The van der Waals surface area contributed by atoms with Crippen molar-refractivity contribution < 1.29 is 9.53 Å². The second kappa shape index (κ2) is 9.78. The van der Waals surface area contributed by atoms with Crippen molar-refractivity contribution in [3.05, 3.63) is 35.9 Å². The first kappa shape index (κ1) is 17.9. The number of ether oxygens (including phenoxy) is 1. The van der Waals surface area contributed by atoms with Gasteiger partial charge in [-0.15, -0.1) is 12.4 Å². The molecule has 1 unspecified atom stereocenters. The van der Waals surface area contributed by atoms with Gasteiger partial charge in [0.05, 0.1) is 0 Å². The first-order valence-electron chi connectivity index (χ1n) is 6.18. The molecule has 2 N–H and O–H groups in total. The van der Waals surface area contributed by atoms with Crippen molar-refractivity contribution in [2.24, 2.45) is 5.73 Å². The Morgan fingerprint density at radius 3 is 2.58 bits per heavy atom. The summed E-state index contributed by atoms with van der Waals surface area (Å²) >= 11 is 0. The minimum absolute atomic E-state index is 0. The van der Waals surface area contributed by atoms with Gasteiger partial charge >= 0.3 is 0 Å². The zero-order valence-electron chi connectivity index (χ0n) is 11.5. The average molecular weight is 287 g/mol. The monoisotopic (exact) mass is 286 g/mol. The molecular weight excluding hydrogens is 264 g/mol. The summed E-state index contributed by atoms with van der Waals surface area (Å²) in [5.74, 6) is 0.0717. The van der Waals surface area contributed by atoms with Crippen LogP contribution in [-0.2, 0) is 9.53 Å². The van der Waals surface area contributed by atoms with Gasteiger partial charge in [-0.25, -0.2) is 0 Å². The van der Waals surface area contributed by atoms with Crippen molar-refractivity contribution in [2.75, 3.05) is 27.3 Å². The molecular formula is C14H23ClN2O2. The standard InChI is InChI=1S/C14H22N2O2.ClH/c1-16(9-6-10-18-2)14(17)11-13(15)12-7-4-3-5-8-12;/h3-5,7-8,13H,6,9-11,15H2,1-2H3;1H. The van der Waals surface area contributed by atoms with E-state index in [-0.39, 0.29) is 24.4 Å². The van der Waals surface area contributed by atoms with Gasteiger partial charge in [0.2, 0.25) is 5.91 Å². The number of nitrogens with two attached hydrogens (primary N) is 1. The van der Waals surface area contributed by atoms with Crippen LogP contribution >= 0.6 is 12.4 Å². The fourth-order valence-corrected chi connectivity index (χ4v) is 1.73. The molecule has 0 saturated heterocycles. The van der Waals surface area contributed by atoms with Gasteiger partial charge in [0.25, 0.3) is 0 Å². The lowest BCUT2D eigenvalue weighted by atomic mass is 10.0. The Morgan fingerprint density at radius 2 is 2.00 bits per heavy atom. The lowest BCUT2D eigenvalue weighted by Crippen LogP contribution is -2.31. The fraction of sp³-hybridized carbons (Fsp3) is 0.500. The highest BCUT2D eigenvalue weighted by atomic mass is 35.5. The highest BCUT2D eigenvalue weighted by molar-refractivity contribution is 5.85. The normalized spacial score (nSPS) is 11.5. The van der Waals surface area contributed by atoms with Crippen LogP contribution in [-0.4, -0.2) is 38.1 Å². The molecule has 1 aromatic carbocycles. The molecule has 0 aliphatic rings. The molecule has 0 spiro atoms. The van der Waals surface area contributed by atoms with E-state index in [0.29, 0.717) is 19.6 Å². The molecule has 1 aromatic rings. The topological polar surface area (TPSA) is 55.6 Å². The summed E-state index contributed by atoms with van der Waals surface area (Å²) in [6.45, 7) is 1.37. The van der Waals surface area contributed by atoms with E-state index >= 15 is 0 Å². The second-order valence-corrected chi connectivity index (χ2v) is 4.38. The van der Waals surface area contributed by atoms with Crippen LogP contribution in [0.1, 0.15) is 24.4 Å². The molecule has 4 nitrogen and oxygen atoms in total. The van der Waals surface area contributed by atoms with Crippen LogP contribution < -0.4 is 5.73 Å². The van der Waals surface area contributed by atoms with Gasteiger partial charge in [0, 0.05) is 39.8 Å². The zero-order chi connectivity index (χ0) is 13.4. The maximum absolute atomic E-state index is 11.9. The van der Waals surface area contributed by atoms with Crippen LogP contribution in [0.15, 0.2) is 30.3 Å². The van der Waals surface area contributed by atoms with Gasteiger partial charge in [-0.1, -0.05) is 30.3 Å². The molecule has 0 fully saturated rings. The van der Waals surface area contributed by atoms with Crippen LogP contribution in [0.4, 0.5) is 0 Å². The third-order valence-corrected chi connectivity index (χ3v) is 2.89. The quantitative estimate of drug-likeness (QED) is 0.780. The number of hydrogen-bond acceptors (Lipinski definition) is 3.